The SMILES string of the molecule is Cc1cccc(C(=O)N2CC3(CC[C@@H](CNS(C)(=O)=O)CO3)C2)n1. The molecule has 132 valence electrons. The summed E-state index contributed by atoms with van der Waals surface area (Å²) in [5.74, 6) is 0.127. The van der Waals surface area contributed by atoms with Gasteiger partial charge < -0.3 is 9.64 Å². The molecule has 24 heavy (non-hydrogen) atoms. The molecule has 0 bridgehead atoms. The standard InChI is InChI=1S/C16H23N3O4S/c1-12-4-3-5-14(18-12)15(20)19-10-16(11-19)7-6-13(9-23-16)8-17-24(2,21)22/h3-5,13,17H,6-11H2,1-2H3/t13-/m0/s1. The Kier molecular flexibility index (Phi) is 4.63. The van der Waals surface area contributed by atoms with Crippen LogP contribution in [0, 0.1) is 12.8 Å². The monoisotopic (exact) mass is 353 g/mol. The van der Waals surface area contributed by atoms with Gasteiger partial charge in [0.05, 0.1) is 26.0 Å². The first-order valence-electron chi connectivity index (χ1n) is 8.08. The van der Waals surface area contributed by atoms with Crippen molar-refractivity contribution in [3.63, 3.8) is 0 Å². The van der Waals surface area contributed by atoms with Gasteiger partial charge in [-0.1, -0.05) is 6.07 Å². The molecule has 2 fully saturated rings. The Morgan fingerprint density at radius 3 is 2.79 bits per heavy atom. The first kappa shape index (κ1) is 17.3. The minimum atomic E-state index is -3.16. The minimum absolute atomic E-state index is 0.0613. The van der Waals surface area contributed by atoms with Crippen LogP contribution in [0.1, 0.15) is 29.0 Å². The number of nitrogens with one attached hydrogen (secondary N) is 1. The van der Waals surface area contributed by atoms with Gasteiger partial charge >= 0.3 is 0 Å². The molecule has 1 atom stereocenters. The molecule has 0 unspecified atom stereocenters. The minimum Gasteiger partial charge on any atom is -0.371 e. The van der Waals surface area contributed by atoms with E-state index in [0.29, 0.717) is 31.9 Å². The highest BCUT2D eigenvalue weighted by atomic mass is 32.2. The highest BCUT2D eigenvalue weighted by Crippen LogP contribution is 2.36. The van der Waals surface area contributed by atoms with E-state index in [1.165, 1.54) is 0 Å². The average Bonchev–Trinajstić information content (AvgIpc) is 2.50. The number of amides is 1. The number of sulfonamides is 1. The van der Waals surface area contributed by atoms with Crippen molar-refractivity contribution < 1.29 is 17.9 Å². The van der Waals surface area contributed by atoms with Gasteiger partial charge in [-0.2, -0.15) is 0 Å². The van der Waals surface area contributed by atoms with E-state index in [1.54, 1.807) is 11.0 Å². The predicted octanol–water partition coefficient (Wildman–Crippen LogP) is 0.560. The molecule has 1 spiro atoms. The van der Waals surface area contributed by atoms with Crippen LogP contribution in [0.2, 0.25) is 0 Å². The van der Waals surface area contributed by atoms with E-state index in [0.717, 1.165) is 24.8 Å². The van der Waals surface area contributed by atoms with Gasteiger partial charge in [0.1, 0.15) is 11.3 Å². The molecule has 2 aliphatic heterocycles. The van der Waals surface area contributed by atoms with Crippen molar-refractivity contribution >= 4 is 15.9 Å². The fraction of sp³-hybridized carbons (Fsp3) is 0.625. The Labute approximate surface area is 142 Å². The molecular weight excluding hydrogens is 330 g/mol. The summed E-state index contributed by atoms with van der Waals surface area (Å²) in [6, 6.07) is 5.43. The first-order valence-corrected chi connectivity index (χ1v) is 9.97. The lowest BCUT2D eigenvalue weighted by Crippen LogP contribution is -2.66. The third-order valence-corrected chi connectivity index (χ3v) is 5.31. The molecule has 0 aromatic carbocycles. The summed E-state index contributed by atoms with van der Waals surface area (Å²) in [7, 11) is -3.16. The van der Waals surface area contributed by atoms with E-state index in [4.69, 9.17) is 4.74 Å². The van der Waals surface area contributed by atoms with Gasteiger partial charge in [0.25, 0.3) is 5.91 Å². The Morgan fingerprint density at radius 2 is 2.21 bits per heavy atom. The molecule has 7 nitrogen and oxygen atoms in total. The summed E-state index contributed by atoms with van der Waals surface area (Å²) in [6.45, 7) is 3.95. The van der Waals surface area contributed by atoms with E-state index < -0.39 is 10.0 Å². The summed E-state index contributed by atoms with van der Waals surface area (Å²) >= 11 is 0. The smallest absolute Gasteiger partial charge is 0.272 e. The maximum atomic E-state index is 12.4. The average molecular weight is 353 g/mol. The molecule has 1 N–H and O–H groups in total. The molecule has 8 heteroatoms. The number of carbonyl (C=O) groups excluding carboxylic acids is 1. The number of rotatable bonds is 4. The van der Waals surface area contributed by atoms with Crippen LogP contribution in [0.15, 0.2) is 18.2 Å². The van der Waals surface area contributed by atoms with E-state index in [-0.39, 0.29) is 17.4 Å². The maximum absolute atomic E-state index is 12.4. The molecule has 1 amide bonds. The lowest BCUT2D eigenvalue weighted by molar-refractivity contribution is -0.166. The van der Waals surface area contributed by atoms with Crippen molar-refractivity contribution in [1.82, 2.24) is 14.6 Å². The van der Waals surface area contributed by atoms with Crippen LogP contribution in [0.3, 0.4) is 0 Å². The zero-order valence-electron chi connectivity index (χ0n) is 14.0. The highest BCUT2D eigenvalue weighted by molar-refractivity contribution is 7.88. The van der Waals surface area contributed by atoms with Crippen LogP contribution < -0.4 is 4.72 Å². The van der Waals surface area contributed by atoms with Crippen LogP contribution in [-0.2, 0) is 14.8 Å². The predicted molar refractivity (Wildman–Crippen MR) is 89.1 cm³/mol. The van der Waals surface area contributed by atoms with Crippen LogP contribution in [0.5, 0.6) is 0 Å². The van der Waals surface area contributed by atoms with Crippen molar-refractivity contribution in [3.8, 4) is 0 Å². The van der Waals surface area contributed by atoms with Crippen LogP contribution in [-0.4, -0.2) is 62.3 Å². The first-order chi connectivity index (χ1) is 11.3. The number of aryl methyl sites for hydroxylation is 1. The van der Waals surface area contributed by atoms with Crippen molar-refractivity contribution in [2.24, 2.45) is 5.92 Å². The van der Waals surface area contributed by atoms with E-state index >= 15 is 0 Å². The number of aromatic nitrogens is 1. The van der Waals surface area contributed by atoms with Crippen LogP contribution in [0.25, 0.3) is 0 Å². The van der Waals surface area contributed by atoms with Gasteiger partial charge in [-0.3, -0.25) is 4.79 Å². The summed E-state index contributed by atoms with van der Waals surface area (Å²) < 4.78 is 30.8. The molecular formula is C16H23N3O4S. The third-order valence-electron chi connectivity index (χ3n) is 4.62. The molecule has 0 radical (unpaired) electrons. The lowest BCUT2D eigenvalue weighted by atomic mass is 9.83. The summed E-state index contributed by atoms with van der Waals surface area (Å²) in [6.07, 6.45) is 2.90. The maximum Gasteiger partial charge on any atom is 0.272 e. The molecule has 3 rings (SSSR count). The van der Waals surface area contributed by atoms with Gasteiger partial charge in [0.2, 0.25) is 10.0 Å². The van der Waals surface area contributed by atoms with Gasteiger partial charge in [-0.15, -0.1) is 0 Å². The Morgan fingerprint density at radius 1 is 1.46 bits per heavy atom. The van der Waals surface area contributed by atoms with Crippen molar-refractivity contribution in [2.75, 3.05) is 32.5 Å². The normalized spacial score (nSPS) is 23.1. The van der Waals surface area contributed by atoms with E-state index in [1.807, 2.05) is 19.1 Å². The molecule has 2 aliphatic rings. The zero-order valence-corrected chi connectivity index (χ0v) is 14.8. The van der Waals surface area contributed by atoms with Crippen LogP contribution >= 0.6 is 0 Å². The Hall–Kier alpha value is -1.51. The van der Waals surface area contributed by atoms with E-state index in [2.05, 4.69) is 9.71 Å². The molecule has 3 heterocycles. The van der Waals surface area contributed by atoms with Crippen LogP contribution in [0.4, 0.5) is 0 Å². The van der Waals surface area contributed by atoms with E-state index in [9.17, 15) is 13.2 Å². The van der Waals surface area contributed by atoms with Crippen molar-refractivity contribution in [2.45, 2.75) is 25.4 Å². The van der Waals surface area contributed by atoms with Gasteiger partial charge in [0, 0.05) is 12.2 Å². The quantitative estimate of drug-likeness (QED) is 0.854. The molecule has 0 aliphatic carbocycles. The highest BCUT2D eigenvalue weighted by Gasteiger charge is 2.48. The number of hydrogen-bond donors (Lipinski definition) is 1. The lowest BCUT2D eigenvalue weighted by Gasteiger charge is -2.52. The fourth-order valence-electron chi connectivity index (χ4n) is 3.21. The molecule has 2 saturated heterocycles. The van der Waals surface area contributed by atoms with Gasteiger partial charge in [0.15, 0.2) is 0 Å². The number of hydrogen-bond acceptors (Lipinski definition) is 5. The fourth-order valence-corrected chi connectivity index (χ4v) is 3.75. The third kappa shape index (κ3) is 3.93. The molecule has 0 saturated carbocycles. The number of pyridine rings is 1. The number of likely N-dealkylation sites (tertiary alicyclic amines) is 1. The van der Waals surface area contributed by atoms with Gasteiger partial charge in [-0.05, 0) is 37.8 Å². The number of ether oxygens (including phenoxy) is 1. The van der Waals surface area contributed by atoms with Gasteiger partial charge in [-0.25, -0.2) is 18.1 Å². The largest absolute Gasteiger partial charge is 0.371 e. The Balaban J connectivity index is 1.49. The second-order valence-corrected chi connectivity index (χ2v) is 8.68. The summed E-state index contributed by atoms with van der Waals surface area (Å²) in [4.78, 5) is 18.4. The summed E-state index contributed by atoms with van der Waals surface area (Å²) in [5, 5.41) is 0. The summed E-state index contributed by atoms with van der Waals surface area (Å²) in [5.41, 5.74) is 1.03. The zero-order chi connectivity index (χ0) is 17.4. The number of nitrogens with zero attached hydrogens (tertiary/aromatic N) is 2. The second kappa shape index (κ2) is 6.42. The molecule has 1 aromatic heterocycles. The topological polar surface area (TPSA) is 88.6 Å². The Bertz CT molecular complexity index is 719. The van der Waals surface area contributed by atoms with Crippen molar-refractivity contribution in [3.05, 3.63) is 29.6 Å². The number of carbonyl (C=O) groups is 1. The van der Waals surface area contributed by atoms with Crippen molar-refractivity contribution in [1.29, 1.82) is 0 Å². The molecule has 1 aromatic rings. The second-order valence-electron chi connectivity index (χ2n) is 6.84.